The van der Waals surface area contributed by atoms with Gasteiger partial charge < -0.3 is 14.3 Å². The Bertz CT molecular complexity index is 912. The molecule has 1 amide bonds. The van der Waals surface area contributed by atoms with Gasteiger partial charge in [-0.25, -0.2) is 0 Å². The largest absolute Gasteiger partial charge is 0.463 e. The number of aromatic amines is 1. The number of hydrogen-bond acceptors (Lipinski definition) is 4. The van der Waals surface area contributed by atoms with Crippen LogP contribution in [0.3, 0.4) is 0 Å². The normalized spacial score (nSPS) is 17.6. The molecule has 4 rings (SSSR count). The van der Waals surface area contributed by atoms with Crippen LogP contribution in [0.1, 0.15) is 29.2 Å². The number of aromatic nitrogens is 3. The van der Waals surface area contributed by atoms with Gasteiger partial charge in [-0.05, 0) is 43.2 Å². The third-order valence-corrected chi connectivity index (χ3v) is 4.51. The highest BCUT2D eigenvalue weighted by Crippen LogP contribution is 2.22. The van der Waals surface area contributed by atoms with Gasteiger partial charge in [-0.1, -0.05) is 0 Å². The summed E-state index contributed by atoms with van der Waals surface area (Å²) in [5.41, 5.74) is 0.302. The van der Waals surface area contributed by atoms with Gasteiger partial charge in [-0.15, -0.1) is 0 Å². The van der Waals surface area contributed by atoms with E-state index in [4.69, 9.17) is 4.42 Å². The lowest BCUT2D eigenvalue weighted by atomic mass is 10.0. The molecular formula is C18H18N4O3. The molecule has 1 N–H and O–H groups in total. The molecule has 7 heteroatoms. The first-order valence-electron chi connectivity index (χ1n) is 8.28. The molecule has 1 atom stereocenters. The van der Waals surface area contributed by atoms with E-state index in [9.17, 15) is 9.59 Å². The van der Waals surface area contributed by atoms with E-state index < -0.39 is 5.56 Å². The fourth-order valence-corrected chi connectivity index (χ4v) is 3.24. The van der Waals surface area contributed by atoms with E-state index in [0.29, 0.717) is 24.5 Å². The average Bonchev–Trinajstić information content (AvgIpc) is 3.35. The smallest absolute Gasteiger partial charge is 0.261 e. The number of carbonyl (C=O) groups is 1. The molecule has 3 aromatic rings. The van der Waals surface area contributed by atoms with Crippen LogP contribution in [0.5, 0.6) is 0 Å². The Morgan fingerprint density at radius 2 is 2.20 bits per heavy atom. The van der Waals surface area contributed by atoms with E-state index in [1.165, 1.54) is 6.26 Å². The summed E-state index contributed by atoms with van der Waals surface area (Å²) in [4.78, 5) is 29.6. The molecule has 0 bridgehead atoms. The second kappa shape index (κ2) is 6.43. The van der Waals surface area contributed by atoms with Gasteiger partial charge in [0, 0.05) is 25.5 Å². The molecule has 0 unspecified atom stereocenters. The molecule has 1 fully saturated rings. The number of H-pyrrole nitrogens is 1. The number of rotatable bonds is 3. The SMILES string of the molecule is O=C(c1ccc(-c2ccco2)[nH]c1=O)N1CCC[C@@H](n2cccn2)C1. The molecule has 0 spiro atoms. The second-order valence-corrected chi connectivity index (χ2v) is 6.13. The van der Waals surface area contributed by atoms with E-state index in [1.807, 2.05) is 16.9 Å². The van der Waals surface area contributed by atoms with Crippen molar-refractivity contribution in [1.82, 2.24) is 19.7 Å². The highest BCUT2D eigenvalue weighted by atomic mass is 16.3. The maximum Gasteiger partial charge on any atom is 0.261 e. The Hall–Kier alpha value is -3.09. The Morgan fingerprint density at radius 3 is 2.92 bits per heavy atom. The summed E-state index contributed by atoms with van der Waals surface area (Å²) in [6.45, 7) is 1.20. The molecule has 0 saturated carbocycles. The van der Waals surface area contributed by atoms with Crippen LogP contribution in [0, 0.1) is 0 Å². The van der Waals surface area contributed by atoms with Gasteiger partial charge in [0.25, 0.3) is 11.5 Å². The molecule has 128 valence electrons. The van der Waals surface area contributed by atoms with Crippen molar-refractivity contribution < 1.29 is 9.21 Å². The number of hydrogen-bond donors (Lipinski definition) is 1. The van der Waals surface area contributed by atoms with Gasteiger partial charge in [0.2, 0.25) is 0 Å². The molecule has 0 radical (unpaired) electrons. The van der Waals surface area contributed by atoms with Crippen LogP contribution in [0.15, 0.2) is 58.2 Å². The maximum absolute atomic E-state index is 12.8. The lowest BCUT2D eigenvalue weighted by molar-refractivity contribution is 0.0671. The summed E-state index contributed by atoms with van der Waals surface area (Å²) in [6, 6.07) is 8.79. The Labute approximate surface area is 143 Å². The van der Waals surface area contributed by atoms with Crippen LogP contribution in [-0.4, -0.2) is 38.7 Å². The number of nitrogens with zero attached hydrogens (tertiary/aromatic N) is 3. The van der Waals surface area contributed by atoms with Gasteiger partial charge in [0.05, 0.1) is 18.0 Å². The van der Waals surface area contributed by atoms with Gasteiger partial charge in [0.1, 0.15) is 11.3 Å². The zero-order chi connectivity index (χ0) is 17.2. The minimum Gasteiger partial charge on any atom is -0.463 e. The number of carbonyl (C=O) groups excluding carboxylic acids is 1. The van der Waals surface area contributed by atoms with Crippen molar-refractivity contribution >= 4 is 5.91 Å². The first-order valence-corrected chi connectivity index (χ1v) is 8.28. The quantitative estimate of drug-likeness (QED) is 0.794. The predicted molar refractivity (Wildman–Crippen MR) is 91.2 cm³/mol. The van der Waals surface area contributed by atoms with E-state index in [0.717, 1.165) is 12.8 Å². The maximum atomic E-state index is 12.8. The molecule has 4 heterocycles. The van der Waals surface area contributed by atoms with Crippen LogP contribution in [0.25, 0.3) is 11.5 Å². The van der Waals surface area contributed by atoms with E-state index in [1.54, 1.807) is 35.4 Å². The van der Waals surface area contributed by atoms with Crippen LogP contribution < -0.4 is 5.56 Å². The lowest BCUT2D eigenvalue weighted by Gasteiger charge is -2.32. The van der Waals surface area contributed by atoms with Crippen molar-refractivity contribution in [1.29, 1.82) is 0 Å². The van der Waals surface area contributed by atoms with Crippen molar-refractivity contribution in [3.05, 3.63) is 64.9 Å². The van der Waals surface area contributed by atoms with Gasteiger partial charge >= 0.3 is 0 Å². The molecule has 1 aliphatic heterocycles. The molecule has 0 aliphatic carbocycles. The molecule has 1 saturated heterocycles. The van der Waals surface area contributed by atoms with Crippen LogP contribution in [0.4, 0.5) is 0 Å². The average molecular weight is 338 g/mol. The van der Waals surface area contributed by atoms with Crippen LogP contribution >= 0.6 is 0 Å². The third-order valence-electron chi connectivity index (χ3n) is 4.51. The summed E-state index contributed by atoms with van der Waals surface area (Å²) >= 11 is 0. The molecule has 1 aliphatic rings. The topological polar surface area (TPSA) is 84.1 Å². The van der Waals surface area contributed by atoms with E-state index >= 15 is 0 Å². The summed E-state index contributed by atoms with van der Waals surface area (Å²) < 4.78 is 7.15. The summed E-state index contributed by atoms with van der Waals surface area (Å²) in [7, 11) is 0. The first kappa shape index (κ1) is 15.4. The third kappa shape index (κ3) is 3.00. The minimum atomic E-state index is -0.403. The second-order valence-electron chi connectivity index (χ2n) is 6.13. The highest BCUT2D eigenvalue weighted by Gasteiger charge is 2.27. The van der Waals surface area contributed by atoms with Crippen molar-refractivity contribution in [2.24, 2.45) is 0 Å². The molecule has 7 nitrogen and oxygen atoms in total. The first-order chi connectivity index (χ1) is 12.2. The standard InChI is InChI=1S/C18H18N4O3/c23-17-14(6-7-15(20-17)16-5-2-11-25-16)18(24)21-9-1-4-13(12-21)22-10-3-8-19-22/h2-3,5-8,10-11,13H,1,4,9,12H2,(H,20,23)/t13-/m1/s1. The van der Waals surface area contributed by atoms with Crippen molar-refractivity contribution in [3.8, 4) is 11.5 Å². The number of pyridine rings is 1. The Balaban J connectivity index is 1.55. The van der Waals surface area contributed by atoms with Gasteiger partial charge in [0.15, 0.2) is 0 Å². The fourth-order valence-electron chi connectivity index (χ4n) is 3.24. The number of nitrogens with one attached hydrogen (secondary N) is 1. The van der Waals surface area contributed by atoms with E-state index in [-0.39, 0.29) is 17.5 Å². The summed E-state index contributed by atoms with van der Waals surface area (Å²) in [5.74, 6) is 0.317. The zero-order valence-corrected chi connectivity index (χ0v) is 13.6. The van der Waals surface area contributed by atoms with Gasteiger partial charge in [-0.3, -0.25) is 14.3 Å². The Morgan fingerprint density at radius 1 is 1.28 bits per heavy atom. The van der Waals surface area contributed by atoms with Crippen LogP contribution in [-0.2, 0) is 0 Å². The number of amides is 1. The molecular weight excluding hydrogens is 320 g/mol. The highest BCUT2D eigenvalue weighted by molar-refractivity contribution is 5.94. The van der Waals surface area contributed by atoms with Gasteiger partial charge in [-0.2, -0.15) is 5.10 Å². The molecule has 0 aromatic carbocycles. The number of likely N-dealkylation sites (tertiary alicyclic amines) is 1. The number of piperidine rings is 1. The minimum absolute atomic E-state index is 0.147. The molecule has 25 heavy (non-hydrogen) atoms. The van der Waals surface area contributed by atoms with Crippen molar-refractivity contribution in [2.75, 3.05) is 13.1 Å². The number of furan rings is 1. The summed E-state index contributed by atoms with van der Waals surface area (Å²) in [5, 5.41) is 4.26. The van der Waals surface area contributed by atoms with E-state index in [2.05, 4.69) is 10.1 Å². The molecule has 3 aromatic heterocycles. The zero-order valence-electron chi connectivity index (χ0n) is 13.6. The fraction of sp³-hybridized carbons (Fsp3) is 0.278. The van der Waals surface area contributed by atoms with Crippen molar-refractivity contribution in [3.63, 3.8) is 0 Å². The van der Waals surface area contributed by atoms with Crippen LogP contribution in [0.2, 0.25) is 0 Å². The predicted octanol–water partition coefficient (Wildman–Crippen LogP) is 2.31. The monoisotopic (exact) mass is 338 g/mol. The lowest BCUT2D eigenvalue weighted by Crippen LogP contribution is -2.42. The Kier molecular flexibility index (Phi) is 3.97. The van der Waals surface area contributed by atoms with Crippen molar-refractivity contribution in [2.45, 2.75) is 18.9 Å². The summed E-state index contributed by atoms with van der Waals surface area (Å²) in [6.07, 6.45) is 7.04.